The van der Waals surface area contributed by atoms with Gasteiger partial charge in [-0.15, -0.1) is 0 Å². The zero-order chi connectivity index (χ0) is 15.4. The molecule has 2 aromatic carbocycles. The van der Waals surface area contributed by atoms with Crippen molar-refractivity contribution in [3.05, 3.63) is 56.7 Å². The first-order valence-electron chi connectivity index (χ1n) is 6.66. The lowest BCUT2D eigenvalue weighted by molar-refractivity contribution is 0.473. The normalized spacial score (nSPS) is 12.2. The topological polar surface area (TPSA) is 35.2 Å². The highest BCUT2D eigenvalue weighted by molar-refractivity contribution is 9.10. The molecule has 0 heterocycles. The molecular weight excluding hydrogens is 401 g/mol. The van der Waals surface area contributed by atoms with Gasteiger partial charge < -0.3 is 10.5 Å². The van der Waals surface area contributed by atoms with Crippen LogP contribution in [0.5, 0.6) is 11.5 Å². The summed E-state index contributed by atoms with van der Waals surface area (Å²) in [5.41, 5.74) is 7.10. The van der Waals surface area contributed by atoms with Crippen LogP contribution >= 0.6 is 31.9 Å². The lowest BCUT2D eigenvalue weighted by atomic mass is 10.0. The Hall–Kier alpha value is -0.910. The number of rotatable bonds is 5. The quantitative estimate of drug-likeness (QED) is 0.705. The van der Waals surface area contributed by atoms with Crippen molar-refractivity contribution < 1.29 is 9.13 Å². The van der Waals surface area contributed by atoms with Crippen molar-refractivity contribution in [3.63, 3.8) is 0 Å². The lowest BCUT2D eigenvalue weighted by Gasteiger charge is -2.12. The maximum absolute atomic E-state index is 13.3. The number of hydrogen-bond acceptors (Lipinski definition) is 2. The Labute approximate surface area is 140 Å². The third-order valence-electron chi connectivity index (χ3n) is 3.08. The molecule has 0 amide bonds. The fraction of sp³-hybridized carbons (Fsp3) is 0.250. The number of ether oxygens (including phenoxy) is 1. The molecular formula is C16H16Br2FNO. The summed E-state index contributed by atoms with van der Waals surface area (Å²) in [6.07, 6.45) is 1.76. The molecule has 1 unspecified atom stereocenters. The predicted molar refractivity (Wildman–Crippen MR) is 90.3 cm³/mol. The highest BCUT2D eigenvalue weighted by atomic mass is 79.9. The van der Waals surface area contributed by atoms with Crippen LogP contribution in [0.15, 0.2) is 45.3 Å². The summed E-state index contributed by atoms with van der Waals surface area (Å²) < 4.78 is 20.5. The zero-order valence-electron chi connectivity index (χ0n) is 11.6. The Balaban J connectivity index is 2.17. The van der Waals surface area contributed by atoms with Gasteiger partial charge in [0.05, 0.1) is 4.47 Å². The van der Waals surface area contributed by atoms with E-state index in [1.54, 1.807) is 6.07 Å². The van der Waals surface area contributed by atoms with Gasteiger partial charge in [0.25, 0.3) is 0 Å². The van der Waals surface area contributed by atoms with Gasteiger partial charge in [-0.3, -0.25) is 0 Å². The zero-order valence-corrected chi connectivity index (χ0v) is 14.7. The molecule has 5 heteroatoms. The van der Waals surface area contributed by atoms with E-state index >= 15 is 0 Å². The molecule has 0 aliphatic rings. The molecule has 0 radical (unpaired) electrons. The van der Waals surface area contributed by atoms with Crippen molar-refractivity contribution >= 4 is 31.9 Å². The van der Waals surface area contributed by atoms with E-state index < -0.39 is 0 Å². The van der Waals surface area contributed by atoms with E-state index in [4.69, 9.17) is 10.5 Å². The first-order valence-corrected chi connectivity index (χ1v) is 8.24. The minimum absolute atomic E-state index is 0.155. The molecule has 0 aliphatic carbocycles. The first-order chi connectivity index (χ1) is 9.97. The van der Waals surface area contributed by atoms with E-state index in [2.05, 4.69) is 38.8 Å². The number of hydrogen-bond donors (Lipinski definition) is 1. The second-order valence-corrected chi connectivity index (χ2v) is 6.61. The molecule has 1 atom stereocenters. The number of benzene rings is 2. The van der Waals surface area contributed by atoms with Gasteiger partial charge in [-0.25, -0.2) is 4.39 Å². The fourth-order valence-corrected chi connectivity index (χ4v) is 2.87. The predicted octanol–water partition coefficient (Wildman–Crippen LogP) is 5.42. The average molecular weight is 417 g/mol. The highest BCUT2D eigenvalue weighted by Gasteiger charge is 2.08. The molecule has 0 fully saturated rings. The Bertz CT molecular complexity index is 613. The van der Waals surface area contributed by atoms with Crippen LogP contribution in [0.4, 0.5) is 4.39 Å². The van der Waals surface area contributed by atoms with E-state index in [-0.39, 0.29) is 11.9 Å². The molecule has 2 rings (SSSR count). The van der Waals surface area contributed by atoms with Crippen LogP contribution in [0.1, 0.15) is 18.9 Å². The monoisotopic (exact) mass is 415 g/mol. The van der Waals surface area contributed by atoms with Gasteiger partial charge >= 0.3 is 0 Å². The summed E-state index contributed by atoms with van der Waals surface area (Å²) in [4.78, 5) is 0. The smallest absolute Gasteiger partial charge is 0.141 e. The second-order valence-electron chi connectivity index (χ2n) is 4.84. The fourth-order valence-electron chi connectivity index (χ4n) is 1.92. The summed E-state index contributed by atoms with van der Waals surface area (Å²) in [7, 11) is 0. The van der Waals surface area contributed by atoms with Crippen molar-refractivity contribution in [1.29, 1.82) is 0 Å². The summed E-state index contributed by atoms with van der Waals surface area (Å²) in [6, 6.07) is 10.4. The molecule has 0 spiro atoms. The van der Waals surface area contributed by atoms with E-state index in [9.17, 15) is 4.39 Å². The van der Waals surface area contributed by atoms with Crippen LogP contribution in [0.2, 0.25) is 0 Å². The molecule has 0 aliphatic heterocycles. The minimum atomic E-state index is -0.346. The molecule has 112 valence electrons. The SMILES string of the molecule is CCC(N)Cc1ccc(Oc2cc(F)cc(Br)c2)c(Br)c1. The van der Waals surface area contributed by atoms with Crippen molar-refractivity contribution in [2.24, 2.45) is 5.73 Å². The first kappa shape index (κ1) is 16.5. The van der Waals surface area contributed by atoms with Crippen LogP contribution in [-0.4, -0.2) is 6.04 Å². The van der Waals surface area contributed by atoms with Crippen molar-refractivity contribution in [2.75, 3.05) is 0 Å². The van der Waals surface area contributed by atoms with Crippen molar-refractivity contribution in [1.82, 2.24) is 0 Å². The van der Waals surface area contributed by atoms with Crippen LogP contribution < -0.4 is 10.5 Å². The van der Waals surface area contributed by atoms with Gasteiger partial charge in [-0.2, -0.15) is 0 Å². The van der Waals surface area contributed by atoms with Gasteiger partial charge in [0.1, 0.15) is 17.3 Å². The third-order valence-corrected chi connectivity index (χ3v) is 4.16. The third kappa shape index (κ3) is 4.80. The molecule has 0 saturated carbocycles. The maximum Gasteiger partial charge on any atom is 0.141 e. The molecule has 0 aromatic heterocycles. The van der Waals surface area contributed by atoms with Crippen LogP contribution in [0, 0.1) is 5.82 Å². The van der Waals surface area contributed by atoms with Gasteiger partial charge in [0.2, 0.25) is 0 Å². The molecule has 21 heavy (non-hydrogen) atoms. The van der Waals surface area contributed by atoms with Gasteiger partial charge in [0, 0.05) is 16.6 Å². The largest absolute Gasteiger partial charge is 0.456 e. The van der Waals surface area contributed by atoms with E-state index in [0.29, 0.717) is 16.0 Å². The molecule has 2 N–H and O–H groups in total. The molecule has 0 saturated heterocycles. The number of nitrogens with two attached hydrogens (primary N) is 1. The maximum atomic E-state index is 13.3. The van der Waals surface area contributed by atoms with E-state index in [0.717, 1.165) is 22.9 Å². The Morgan fingerprint density at radius 2 is 1.95 bits per heavy atom. The van der Waals surface area contributed by atoms with Crippen LogP contribution in [-0.2, 0) is 6.42 Å². The average Bonchev–Trinajstić information content (AvgIpc) is 2.40. The minimum Gasteiger partial charge on any atom is -0.456 e. The Morgan fingerprint density at radius 3 is 2.57 bits per heavy atom. The molecule has 2 aromatic rings. The van der Waals surface area contributed by atoms with Crippen molar-refractivity contribution in [3.8, 4) is 11.5 Å². The summed E-state index contributed by atoms with van der Waals surface area (Å²) in [5, 5.41) is 0. The molecule has 2 nitrogen and oxygen atoms in total. The van der Waals surface area contributed by atoms with Gasteiger partial charge in [0.15, 0.2) is 0 Å². The summed E-state index contributed by atoms with van der Waals surface area (Å²) >= 11 is 6.73. The lowest BCUT2D eigenvalue weighted by Crippen LogP contribution is -2.21. The molecule has 0 bridgehead atoms. The van der Waals surface area contributed by atoms with E-state index in [1.165, 1.54) is 12.1 Å². The van der Waals surface area contributed by atoms with E-state index in [1.807, 2.05) is 18.2 Å². The van der Waals surface area contributed by atoms with Crippen molar-refractivity contribution in [2.45, 2.75) is 25.8 Å². The van der Waals surface area contributed by atoms with Crippen LogP contribution in [0.3, 0.4) is 0 Å². The summed E-state index contributed by atoms with van der Waals surface area (Å²) in [5.74, 6) is 0.739. The van der Waals surface area contributed by atoms with Crippen LogP contribution in [0.25, 0.3) is 0 Å². The van der Waals surface area contributed by atoms with Gasteiger partial charge in [-0.05, 0) is 58.6 Å². The summed E-state index contributed by atoms with van der Waals surface area (Å²) in [6.45, 7) is 2.07. The van der Waals surface area contributed by atoms with Gasteiger partial charge in [-0.1, -0.05) is 28.9 Å². The second kappa shape index (κ2) is 7.38. The highest BCUT2D eigenvalue weighted by Crippen LogP contribution is 2.32. The Kier molecular flexibility index (Phi) is 5.79. The standard InChI is InChI=1S/C16H16Br2FNO/c1-2-13(20)5-10-3-4-16(15(18)6-10)21-14-8-11(17)7-12(19)9-14/h3-4,6-9,13H,2,5,20H2,1H3. The number of halogens is 3. The Morgan fingerprint density at radius 1 is 1.19 bits per heavy atom.